The second-order valence-electron chi connectivity index (χ2n) is 8.76. The minimum absolute atomic E-state index is 0.00214. The van der Waals surface area contributed by atoms with Crippen molar-refractivity contribution in [2.45, 2.75) is 37.1 Å². The number of benzene rings is 3. The number of hydrazine groups is 1. The molecule has 0 aromatic heterocycles. The number of hydrogen-bond acceptors (Lipinski definition) is 4. The molecule has 3 aromatic rings. The molecule has 162 valence electrons. The molecule has 3 aliphatic rings. The summed E-state index contributed by atoms with van der Waals surface area (Å²) >= 11 is 0. The van der Waals surface area contributed by atoms with Crippen LogP contribution in [0.2, 0.25) is 0 Å². The highest BCUT2D eigenvalue weighted by Gasteiger charge is 2.61. The Morgan fingerprint density at radius 2 is 1.47 bits per heavy atom. The summed E-state index contributed by atoms with van der Waals surface area (Å²) in [5.74, 6) is 0.0384. The van der Waals surface area contributed by atoms with Crippen LogP contribution >= 0.6 is 0 Å². The van der Waals surface area contributed by atoms with Crippen molar-refractivity contribution in [3.05, 3.63) is 96.6 Å². The van der Waals surface area contributed by atoms with E-state index in [1.54, 1.807) is 5.01 Å². The van der Waals surface area contributed by atoms with Gasteiger partial charge in [0.25, 0.3) is 0 Å². The number of fused-ring (bicyclic) bond motifs is 2. The third-order valence-corrected chi connectivity index (χ3v) is 6.88. The van der Waals surface area contributed by atoms with Crippen molar-refractivity contribution in [1.29, 1.82) is 0 Å². The van der Waals surface area contributed by atoms with Crippen molar-refractivity contribution in [3.8, 4) is 0 Å². The van der Waals surface area contributed by atoms with Crippen LogP contribution in [-0.2, 0) is 4.84 Å². The molecule has 6 heteroatoms. The van der Waals surface area contributed by atoms with Crippen molar-refractivity contribution >= 4 is 17.4 Å². The Morgan fingerprint density at radius 1 is 0.844 bits per heavy atom. The Labute approximate surface area is 187 Å². The number of amides is 2. The predicted molar refractivity (Wildman–Crippen MR) is 124 cm³/mol. The maximum atomic E-state index is 13.1. The standard InChI is InChI=1S/C26H26N4O2/c31-25-27-26(28-29(25)20-13-6-2-7-14-20)18-10-17-22-23(26)24(19-11-4-1-5-12-19)30(32-22)21-15-8-3-9-16-21/h1-9,11-16,22-24,28H,10,17-18H2,(H,27,31)/t22-,23+,24-,26+/m0/s1. The van der Waals surface area contributed by atoms with E-state index in [1.807, 2.05) is 54.6 Å². The van der Waals surface area contributed by atoms with Gasteiger partial charge in [-0.3, -0.25) is 4.84 Å². The highest BCUT2D eigenvalue weighted by atomic mass is 16.7. The number of hydrogen-bond donors (Lipinski definition) is 2. The van der Waals surface area contributed by atoms with Gasteiger partial charge in [-0.15, -0.1) is 0 Å². The Morgan fingerprint density at radius 3 is 2.16 bits per heavy atom. The molecule has 0 bridgehead atoms. The van der Waals surface area contributed by atoms with Crippen LogP contribution in [0.4, 0.5) is 16.2 Å². The van der Waals surface area contributed by atoms with Gasteiger partial charge in [0, 0.05) is 0 Å². The quantitative estimate of drug-likeness (QED) is 0.633. The van der Waals surface area contributed by atoms with Crippen LogP contribution in [0.25, 0.3) is 0 Å². The van der Waals surface area contributed by atoms with Crippen LogP contribution in [0.15, 0.2) is 91.0 Å². The van der Waals surface area contributed by atoms with Crippen molar-refractivity contribution in [1.82, 2.24) is 10.7 Å². The molecule has 0 unspecified atom stereocenters. The Kier molecular flexibility index (Phi) is 4.63. The van der Waals surface area contributed by atoms with E-state index in [4.69, 9.17) is 4.84 Å². The Balaban J connectivity index is 1.43. The van der Waals surface area contributed by atoms with E-state index in [9.17, 15) is 4.79 Å². The maximum Gasteiger partial charge on any atom is 0.338 e. The molecule has 32 heavy (non-hydrogen) atoms. The first-order chi connectivity index (χ1) is 15.8. The fourth-order valence-corrected chi connectivity index (χ4v) is 5.54. The predicted octanol–water partition coefficient (Wildman–Crippen LogP) is 4.78. The fourth-order valence-electron chi connectivity index (χ4n) is 5.54. The number of anilines is 2. The van der Waals surface area contributed by atoms with E-state index in [0.717, 1.165) is 30.6 Å². The molecule has 0 radical (unpaired) electrons. The number of carbonyl (C=O) groups excluding carboxylic acids is 1. The van der Waals surface area contributed by atoms with E-state index in [1.165, 1.54) is 5.56 Å². The first kappa shape index (κ1) is 19.3. The summed E-state index contributed by atoms with van der Waals surface area (Å²) < 4.78 is 0. The number of carbonyl (C=O) groups is 1. The zero-order valence-corrected chi connectivity index (χ0v) is 17.7. The lowest BCUT2D eigenvalue weighted by atomic mass is 9.72. The van der Waals surface area contributed by atoms with Gasteiger partial charge in [-0.1, -0.05) is 66.7 Å². The van der Waals surface area contributed by atoms with Crippen LogP contribution in [0.5, 0.6) is 0 Å². The normalized spacial score (nSPS) is 29.2. The molecule has 3 aromatic carbocycles. The molecule has 2 aliphatic heterocycles. The van der Waals surface area contributed by atoms with Gasteiger partial charge in [-0.2, -0.15) is 5.43 Å². The number of nitrogens with one attached hydrogen (secondary N) is 2. The average Bonchev–Trinajstić information content (AvgIpc) is 3.40. The molecule has 2 heterocycles. The number of para-hydroxylation sites is 2. The largest absolute Gasteiger partial charge is 0.338 e. The molecule has 2 N–H and O–H groups in total. The summed E-state index contributed by atoms with van der Waals surface area (Å²) in [6.45, 7) is 0. The maximum absolute atomic E-state index is 13.1. The minimum Gasteiger partial charge on any atom is -0.316 e. The molecule has 1 aliphatic carbocycles. The van der Waals surface area contributed by atoms with Crippen LogP contribution in [-0.4, -0.2) is 17.8 Å². The topological polar surface area (TPSA) is 56.8 Å². The Bertz CT molecular complexity index is 1090. The van der Waals surface area contributed by atoms with Crippen LogP contribution < -0.4 is 20.8 Å². The number of urea groups is 1. The lowest BCUT2D eigenvalue weighted by Crippen LogP contribution is -2.62. The second kappa shape index (κ2) is 7.65. The van der Waals surface area contributed by atoms with Gasteiger partial charge in [-0.05, 0) is 49.1 Å². The van der Waals surface area contributed by atoms with E-state index in [0.29, 0.717) is 0 Å². The summed E-state index contributed by atoms with van der Waals surface area (Å²) in [4.78, 5) is 19.7. The van der Waals surface area contributed by atoms with Gasteiger partial charge >= 0.3 is 6.03 Å². The van der Waals surface area contributed by atoms with Crippen molar-refractivity contribution < 1.29 is 9.63 Å². The third kappa shape index (κ3) is 3.06. The summed E-state index contributed by atoms with van der Waals surface area (Å²) in [6, 6.07) is 30.3. The molecule has 1 saturated carbocycles. The molecular weight excluding hydrogens is 400 g/mol. The monoisotopic (exact) mass is 426 g/mol. The van der Waals surface area contributed by atoms with E-state index < -0.39 is 5.66 Å². The number of nitrogens with zero attached hydrogens (tertiary/aromatic N) is 2. The average molecular weight is 427 g/mol. The smallest absolute Gasteiger partial charge is 0.316 e. The third-order valence-electron chi connectivity index (χ3n) is 6.88. The summed E-state index contributed by atoms with van der Waals surface area (Å²) in [7, 11) is 0. The molecule has 4 atom stereocenters. The number of hydroxylamine groups is 1. The van der Waals surface area contributed by atoms with E-state index >= 15 is 0 Å². The molecule has 1 spiro atoms. The molecule has 6 rings (SSSR count). The van der Waals surface area contributed by atoms with E-state index in [-0.39, 0.29) is 24.1 Å². The van der Waals surface area contributed by atoms with Crippen molar-refractivity contribution in [2.24, 2.45) is 5.92 Å². The van der Waals surface area contributed by atoms with Crippen molar-refractivity contribution in [2.75, 3.05) is 10.1 Å². The first-order valence-corrected chi connectivity index (χ1v) is 11.3. The van der Waals surface area contributed by atoms with Crippen LogP contribution in [0, 0.1) is 5.92 Å². The summed E-state index contributed by atoms with van der Waals surface area (Å²) in [5.41, 5.74) is 6.03. The van der Waals surface area contributed by atoms with Gasteiger partial charge in [0.1, 0.15) is 5.66 Å². The Hall–Kier alpha value is -3.35. The van der Waals surface area contributed by atoms with Gasteiger partial charge in [0.05, 0.1) is 29.4 Å². The minimum atomic E-state index is -0.583. The van der Waals surface area contributed by atoms with Gasteiger partial charge < -0.3 is 5.32 Å². The van der Waals surface area contributed by atoms with Crippen molar-refractivity contribution in [3.63, 3.8) is 0 Å². The zero-order valence-electron chi connectivity index (χ0n) is 17.7. The fraction of sp³-hybridized carbons (Fsp3) is 0.269. The molecular formula is C26H26N4O2. The first-order valence-electron chi connectivity index (χ1n) is 11.3. The highest BCUT2D eigenvalue weighted by Crippen LogP contribution is 2.52. The van der Waals surface area contributed by atoms with Gasteiger partial charge in [0.15, 0.2) is 0 Å². The molecule has 6 nitrogen and oxygen atoms in total. The SMILES string of the molecule is O=C1N[C@]2(CCC[C@@H]3ON(c4ccccc4)[C@@H](c4ccccc4)[C@@H]32)NN1c1ccccc1. The van der Waals surface area contributed by atoms with Gasteiger partial charge in [0.2, 0.25) is 0 Å². The van der Waals surface area contributed by atoms with Gasteiger partial charge in [-0.25, -0.2) is 14.9 Å². The zero-order chi connectivity index (χ0) is 21.5. The molecule has 3 fully saturated rings. The summed E-state index contributed by atoms with van der Waals surface area (Å²) in [6.07, 6.45) is 2.78. The summed E-state index contributed by atoms with van der Waals surface area (Å²) in [5, 5.41) is 7.03. The highest BCUT2D eigenvalue weighted by molar-refractivity contribution is 5.94. The number of rotatable bonds is 3. The molecule has 2 saturated heterocycles. The lowest BCUT2D eigenvalue weighted by molar-refractivity contribution is 0.00991. The molecule has 2 amide bonds. The second-order valence-corrected chi connectivity index (χ2v) is 8.76. The van der Waals surface area contributed by atoms with Crippen LogP contribution in [0.1, 0.15) is 30.9 Å². The van der Waals surface area contributed by atoms with E-state index in [2.05, 4.69) is 52.2 Å². The van der Waals surface area contributed by atoms with Crippen LogP contribution in [0.3, 0.4) is 0 Å². The lowest BCUT2D eigenvalue weighted by Gasteiger charge is -2.43.